The Morgan fingerprint density at radius 1 is 1.04 bits per heavy atom. The van der Waals surface area contributed by atoms with Gasteiger partial charge in [-0.1, -0.05) is 36.4 Å². The molecule has 28 heavy (non-hydrogen) atoms. The van der Waals surface area contributed by atoms with E-state index in [1.54, 1.807) is 37.4 Å². The summed E-state index contributed by atoms with van der Waals surface area (Å²) in [6.07, 6.45) is 0. The molecule has 0 aliphatic carbocycles. The number of hydrogen-bond donors (Lipinski definition) is 1. The zero-order valence-corrected chi connectivity index (χ0v) is 15.5. The van der Waals surface area contributed by atoms with Crippen LogP contribution in [0.3, 0.4) is 0 Å². The molecule has 0 saturated carbocycles. The van der Waals surface area contributed by atoms with Gasteiger partial charge in [0.05, 0.1) is 19.3 Å². The molecule has 1 heterocycles. The molecular weight excluding hydrogens is 358 g/mol. The zero-order chi connectivity index (χ0) is 19.8. The molecule has 0 radical (unpaired) electrons. The number of nitrogens with zero attached hydrogens (tertiary/aromatic N) is 2. The third-order valence-corrected chi connectivity index (χ3v) is 3.99. The van der Waals surface area contributed by atoms with Crippen molar-refractivity contribution < 1.29 is 14.3 Å². The number of carbonyl (C=O) groups excluding carboxylic acids is 1. The molecule has 3 aromatic rings. The van der Waals surface area contributed by atoms with Crippen LogP contribution in [0.5, 0.6) is 11.5 Å². The van der Waals surface area contributed by atoms with Crippen LogP contribution in [-0.2, 0) is 11.3 Å². The van der Waals surface area contributed by atoms with Crippen molar-refractivity contribution in [1.29, 1.82) is 0 Å². The van der Waals surface area contributed by atoms with Crippen LogP contribution in [0.1, 0.15) is 0 Å². The number of carbonyl (C=O) groups is 1. The van der Waals surface area contributed by atoms with E-state index in [9.17, 15) is 9.59 Å². The van der Waals surface area contributed by atoms with Crippen LogP contribution in [0, 0.1) is 0 Å². The van der Waals surface area contributed by atoms with Crippen LogP contribution >= 0.6 is 0 Å². The maximum Gasteiger partial charge on any atom is 0.266 e. The number of benzene rings is 2. The summed E-state index contributed by atoms with van der Waals surface area (Å²) < 4.78 is 11.9. The summed E-state index contributed by atoms with van der Waals surface area (Å²) in [6.45, 7) is 0.412. The SMILES string of the molecule is COc1cccc(OCC(=O)NCCn2nc(-c3ccccc3)ccc2=O)c1. The molecule has 144 valence electrons. The Balaban J connectivity index is 1.51. The average molecular weight is 379 g/mol. The molecule has 2 aromatic carbocycles. The number of amides is 1. The third-order valence-electron chi connectivity index (χ3n) is 3.99. The van der Waals surface area contributed by atoms with Gasteiger partial charge < -0.3 is 14.8 Å². The summed E-state index contributed by atoms with van der Waals surface area (Å²) in [5, 5.41) is 7.08. The number of ether oxygens (including phenoxy) is 2. The molecule has 0 fully saturated rings. The van der Waals surface area contributed by atoms with Crippen LogP contribution in [-0.4, -0.2) is 35.9 Å². The smallest absolute Gasteiger partial charge is 0.266 e. The fourth-order valence-corrected chi connectivity index (χ4v) is 2.56. The maximum absolute atomic E-state index is 12.0. The van der Waals surface area contributed by atoms with E-state index in [0.717, 1.165) is 5.56 Å². The minimum atomic E-state index is -0.282. The lowest BCUT2D eigenvalue weighted by molar-refractivity contribution is -0.123. The first-order valence-electron chi connectivity index (χ1n) is 8.83. The highest BCUT2D eigenvalue weighted by atomic mass is 16.5. The van der Waals surface area contributed by atoms with Gasteiger partial charge in [0.1, 0.15) is 11.5 Å². The maximum atomic E-state index is 12.0. The van der Waals surface area contributed by atoms with Gasteiger partial charge in [0.25, 0.3) is 11.5 Å². The molecule has 0 aliphatic rings. The molecule has 1 aromatic heterocycles. The molecule has 0 aliphatic heterocycles. The molecule has 3 rings (SSSR count). The van der Waals surface area contributed by atoms with E-state index < -0.39 is 0 Å². The number of hydrogen-bond acceptors (Lipinski definition) is 5. The monoisotopic (exact) mass is 379 g/mol. The Bertz CT molecular complexity index is 986. The Morgan fingerprint density at radius 3 is 2.61 bits per heavy atom. The number of rotatable bonds is 8. The highest BCUT2D eigenvalue weighted by Gasteiger charge is 2.06. The average Bonchev–Trinajstić information content (AvgIpc) is 2.74. The predicted octanol–water partition coefficient (Wildman–Crippen LogP) is 2.11. The summed E-state index contributed by atoms with van der Waals surface area (Å²) >= 11 is 0. The van der Waals surface area contributed by atoms with E-state index in [1.165, 1.54) is 10.7 Å². The molecule has 0 atom stereocenters. The summed E-state index contributed by atoms with van der Waals surface area (Å²) in [5.74, 6) is 0.916. The van der Waals surface area contributed by atoms with E-state index in [0.29, 0.717) is 17.2 Å². The Kier molecular flexibility index (Phi) is 6.41. The van der Waals surface area contributed by atoms with Crippen LogP contribution in [0.4, 0.5) is 0 Å². The van der Waals surface area contributed by atoms with E-state index in [-0.39, 0.29) is 31.2 Å². The lowest BCUT2D eigenvalue weighted by Gasteiger charge is -2.10. The van der Waals surface area contributed by atoms with Crippen molar-refractivity contribution in [1.82, 2.24) is 15.1 Å². The Morgan fingerprint density at radius 2 is 1.82 bits per heavy atom. The standard InChI is InChI=1S/C21H21N3O4/c1-27-17-8-5-9-18(14-17)28-15-20(25)22-12-13-24-21(26)11-10-19(23-24)16-6-3-2-4-7-16/h2-11,14H,12-13,15H2,1H3,(H,22,25). The lowest BCUT2D eigenvalue weighted by Crippen LogP contribution is -2.34. The van der Waals surface area contributed by atoms with E-state index in [4.69, 9.17) is 9.47 Å². The second kappa shape index (κ2) is 9.36. The second-order valence-electron chi connectivity index (χ2n) is 5.96. The van der Waals surface area contributed by atoms with Gasteiger partial charge in [-0.25, -0.2) is 4.68 Å². The molecule has 7 nitrogen and oxygen atoms in total. The topological polar surface area (TPSA) is 82.4 Å². The Labute approximate surface area is 162 Å². The van der Waals surface area contributed by atoms with Crippen molar-refractivity contribution in [3.8, 4) is 22.8 Å². The summed E-state index contributed by atoms with van der Waals surface area (Å²) in [4.78, 5) is 24.0. The lowest BCUT2D eigenvalue weighted by atomic mass is 10.1. The van der Waals surface area contributed by atoms with E-state index in [1.807, 2.05) is 30.3 Å². The van der Waals surface area contributed by atoms with Gasteiger partial charge in [-0.05, 0) is 18.2 Å². The molecule has 0 saturated heterocycles. The largest absolute Gasteiger partial charge is 0.497 e. The van der Waals surface area contributed by atoms with Crippen molar-refractivity contribution in [2.45, 2.75) is 6.54 Å². The van der Waals surface area contributed by atoms with E-state index in [2.05, 4.69) is 10.4 Å². The molecule has 1 amide bonds. The van der Waals surface area contributed by atoms with E-state index >= 15 is 0 Å². The van der Waals surface area contributed by atoms with Crippen LogP contribution in [0.15, 0.2) is 71.5 Å². The molecule has 0 unspecified atom stereocenters. The highest BCUT2D eigenvalue weighted by molar-refractivity contribution is 5.77. The molecule has 0 bridgehead atoms. The van der Waals surface area contributed by atoms with Gasteiger partial charge >= 0.3 is 0 Å². The quantitative estimate of drug-likeness (QED) is 0.648. The van der Waals surface area contributed by atoms with Crippen molar-refractivity contribution in [3.63, 3.8) is 0 Å². The van der Waals surface area contributed by atoms with Gasteiger partial charge in [-0.15, -0.1) is 0 Å². The summed E-state index contributed by atoms with van der Waals surface area (Å²) in [7, 11) is 1.56. The van der Waals surface area contributed by atoms with Gasteiger partial charge in [0, 0.05) is 24.2 Å². The van der Waals surface area contributed by atoms with Gasteiger partial charge in [0.2, 0.25) is 0 Å². The molecule has 7 heteroatoms. The molecular formula is C21H21N3O4. The van der Waals surface area contributed by atoms with Crippen molar-refractivity contribution in [2.24, 2.45) is 0 Å². The van der Waals surface area contributed by atoms with Crippen LogP contribution in [0.25, 0.3) is 11.3 Å². The number of nitrogens with one attached hydrogen (secondary N) is 1. The molecule has 1 N–H and O–H groups in total. The van der Waals surface area contributed by atoms with Gasteiger partial charge in [-0.2, -0.15) is 5.10 Å². The Hall–Kier alpha value is -3.61. The predicted molar refractivity (Wildman–Crippen MR) is 105 cm³/mol. The normalized spacial score (nSPS) is 10.3. The third kappa shape index (κ3) is 5.20. The van der Waals surface area contributed by atoms with Crippen molar-refractivity contribution in [2.75, 3.05) is 20.3 Å². The first-order chi connectivity index (χ1) is 13.7. The fourth-order valence-electron chi connectivity index (χ4n) is 2.56. The fraction of sp³-hybridized carbons (Fsp3) is 0.190. The summed E-state index contributed by atoms with van der Waals surface area (Å²) in [5.41, 5.74) is 1.40. The second-order valence-corrected chi connectivity index (χ2v) is 5.96. The first-order valence-corrected chi connectivity index (χ1v) is 8.83. The molecule has 0 spiro atoms. The number of aromatic nitrogens is 2. The zero-order valence-electron chi connectivity index (χ0n) is 15.5. The van der Waals surface area contributed by atoms with Crippen LogP contribution < -0.4 is 20.3 Å². The van der Waals surface area contributed by atoms with Crippen molar-refractivity contribution in [3.05, 3.63) is 77.1 Å². The summed E-state index contributed by atoms with van der Waals surface area (Å²) in [6, 6.07) is 19.8. The first kappa shape index (κ1) is 19.2. The van der Waals surface area contributed by atoms with Crippen molar-refractivity contribution >= 4 is 5.91 Å². The highest BCUT2D eigenvalue weighted by Crippen LogP contribution is 2.18. The van der Waals surface area contributed by atoms with Gasteiger partial charge in [-0.3, -0.25) is 9.59 Å². The van der Waals surface area contributed by atoms with Gasteiger partial charge in [0.15, 0.2) is 6.61 Å². The minimum Gasteiger partial charge on any atom is -0.497 e. The van der Waals surface area contributed by atoms with Crippen LogP contribution in [0.2, 0.25) is 0 Å². The minimum absolute atomic E-state index is 0.125. The number of methoxy groups -OCH3 is 1.